The van der Waals surface area contributed by atoms with Crippen molar-refractivity contribution >= 4 is 19.7 Å². The number of ether oxygens (including phenoxy) is 1. The maximum atomic E-state index is 11.7. The van der Waals surface area contributed by atoms with E-state index >= 15 is 0 Å². The van der Waals surface area contributed by atoms with Crippen molar-refractivity contribution in [1.82, 2.24) is 0 Å². The van der Waals surface area contributed by atoms with Crippen LogP contribution in [0.5, 0.6) is 11.5 Å². The van der Waals surface area contributed by atoms with E-state index in [2.05, 4.69) is 0 Å². The van der Waals surface area contributed by atoms with Crippen LogP contribution in [0.4, 0.5) is 0 Å². The van der Waals surface area contributed by atoms with Crippen LogP contribution in [-0.2, 0) is 19.7 Å². The van der Waals surface area contributed by atoms with Gasteiger partial charge in [-0.1, -0.05) is 13.8 Å². The smallest absolute Gasteiger partial charge is 0.178 e. The summed E-state index contributed by atoms with van der Waals surface area (Å²) in [5.41, 5.74) is 0. The van der Waals surface area contributed by atoms with E-state index in [4.69, 9.17) is 4.74 Å². The summed E-state index contributed by atoms with van der Waals surface area (Å²) in [6.07, 6.45) is 0. The molecule has 0 spiro atoms. The molecule has 0 aliphatic rings. The van der Waals surface area contributed by atoms with Crippen molar-refractivity contribution in [2.24, 2.45) is 0 Å². The molecule has 0 unspecified atom stereocenters. The molecule has 0 saturated heterocycles. The van der Waals surface area contributed by atoms with Crippen LogP contribution in [0.1, 0.15) is 13.8 Å². The third-order valence-corrected chi connectivity index (χ3v) is 6.86. The van der Waals surface area contributed by atoms with Crippen LogP contribution in [0.25, 0.3) is 0 Å². The largest absolute Gasteiger partial charge is 0.457 e. The van der Waals surface area contributed by atoms with E-state index in [0.29, 0.717) is 11.5 Å². The molecule has 0 aromatic heterocycles. The molecule has 0 bridgehead atoms. The highest BCUT2D eigenvalue weighted by molar-refractivity contribution is 7.91. The van der Waals surface area contributed by atoms with Crippen molar-refractivity contribution in [2.45, 2.75) is 23.6 Å². The fourth-order valence-corrected chi connectivity index (χ4v) is 3.67. The van der Waals surface area contributed by atoms with E-state index in [1.165, 1.54) is 24.3 Å². The normalized spacial score (nSPS) is 12.1. The second-order valence-corrected chi connectivity index (χ2v) is 9.41. The van der Waals surface area contributed by atoms with Gasteiger partial charge in [-0.05, 0) is 48.5 Å². The Morgan fingerprint density at radius 2 is 0.957 bits per heavy atom. The molecule has 2 rings (SSSR count). The van der Waals surface area contributed by atoms with Gasteiger partial charge in [-0.15, -0.1) is 0 Å². The molecule has 0 radical (unpaired) electrons. The minimum atomic E-state index is -3.23. The Balaban J connectivity index is 2.17. The fraction of sp³-hybridized carbons (Fsp3) is 0.250. The van der Waals surface area contributed by atoms with Gasteiger partial charge in [0.15, 0.2) is 19.7 Å². The van der Waals surface area contributed by atoms with E-state index in [9.17, 15) is 16.8 Å². The zero-order chi connectivity index (χ0) is 17.1. The lowest BCUT2D eigenvalue weighted by Crippen LogP contribution is -2.03. The molecular weight excluding hydrogens is 336 g/mol. The summed E-state index contributed by atoms with van der Waals surface area (Å²) >= 11 is 0. The van der Waals surface area contributed by atoms with E-state index in [0.717, 1.165) is 0 Å². The maximum Gasteiger partial charge on any atom is 0.178 e. The molecule has 124 valence electrons. The average molecular weight is 354 g/mol. The maximum absolute atomic E-state index is 11.7. The molecule has 0 fully saturated rings. The molecule has 5 nitrogen and oxygen atoms in total. The Labute approximate surface area is 136 Å². The Morgan fingerprint density at radius 3 is 1.22 bits per heavy atom. The molecule has 0 N–H and O–H groups in total. The third kappa shape index (κ3) is 4.11. The van der Waals surface area contributed by atoms with Gasteiger partial charge in [0.05, 0.1) is 21.3 Å². The summed E-state index contributed by atoms with van der Waals surface area (Å²) in [6.45, 7) is 3.18. The van der Waals surface area contributed by atoms with Crippen LogP contribution in [0, 0.1) is 0 Å². The number of sulfone groups is 2. The lowest BCUT2D eigenvalue weighted by molar-refractivity contribution is 0.481. The molecule has 0 aliphatic heterocycles. The van der Waals surface area contributed by atoms with Gasteiger partial charge in [0, 0.05) is 0 Å². The first-order valence-corrected chi connectivity index (χ1v) is 10.4. The Bertz CT molecular complexity index is 790. The Morgan fingerprint density at radius 1 is 0.652 bits per heavy atom. The van der Waals surface area contributed by atoms with Gasteiger partial charge in [0.1, 0.15) is 11.5 Å². The minimum absolute atomic E-state index is 0.0422. The van der Waals surface area contributed by atoms with Gasteiger partial charge in [0.2, 0.25) is 0 Å². The highest BCUT2D eigenvalue weighted by Crippen LogP contribution is 2.24. The van der Waals surface area contributed by atoms with Crippen molar-refractivity contribution < 1.29 is 21.6 Å². The molecule has 0 amide bonds. The number of hydrogen-bond acceptors (Lipinski definition) is 5. The first kappa shape index (κ1) is 17.5. The van der Waals surface area contributed by atoms with Crippen LogP contribution < -0.4 is 4.74 Å². The van der Waals surface area contributed by atoms with E-state index in [-0.39, 0.29) is 21.3 Å². The summed E-state index contributed by atoms with van der Waals surface area (Å²) < 4.78 is 52.5. The number of rotatable bonds is 6. The molecule has 0 saturated carbocycles. The quantitative estimate of drug-likeness (QED) is 0.797. The molecule has 23 heavy (non-hydrogen) atoms. The minimum Gasteiger partial charge on any atom is -0.457 e. The lowest BCUT2D eigenvalue weighted by atomic mass is 10.3. The molecule has 2 aromatic carbocycles. The predicted molar refractivity (Wildman–Crippen MR) is 88.4 cm³/mol. The van der Waals surface area contributed by atoms with Gasteiger partial charge in [-0.25, -0.2) is 16.8 Å². The molecule has 0 atom stereocenters. The number of hydrogen-bond donors (Lipinski definition) is 0. The first-order chi connectivity index (χ1) is 10.8. The van der Waals surface area contributed by atoms with Crippen molar-refractivity contribution in [3.63, 3.8) is 0 Å². The first-order valence-electron chi connectivity index (χ1n) is 7.12. The van der Waals surface area contributed by atoms with Gasteiger partial charge in [-0.3, -0.25) is 0 Å². The summed E-state index contributed by atoms with van der Waals surface area (Å²) in [5.74, 6) is 1.04. The van der Waals surface area contributed by atoms with Crippen LogP contribution >= 0.6 is 0 Å². The van der Waals surface area contributed by atoms with Crippen LogP contribution in [0.3, 0.4) is 0 Å². The molecule has 0 aliphatic carbocycles. The topological polar surface area (TPSA) is 77.5 Å². The summed E-state index contributed by atoms with van der Waals surface area (Å²) in [5, 5.41) is 0. The van der Waals surface area contributed by atoms with Gasteiger partial charge < -0.3 is 4.74 Å². The molecule has 2 aromatic rings. The highest BCUT2D eigenvalue weighted by atomic mass is 32.2. The summed E-state index contributed by atoms with van der Waals surface area (Å²) in [4.78, 5) is 0.494. The van der Waals surface area contributed by atoms with Gasteiger partial charge in [-0.2, -0.15) is 0 Å². The SMILES string of the molecule is CCS(=O)(=O)c1ccc(Oc2ccc(S(=O)(=O)CC)cc2)cc1. The Kier molecular flexibility index (Phi) is 5.11. The van der Waals surface area contributed by atoms with Crippen molar-refractivity contribution in [3.8, 4) is 11.5 Å². The molecular formula is C16H18O5S2. The third-order valence-electron chi connectivity index (χ3n) is 3.36. The molecule has 7 heteroatoms. The summed E-state index contributed by atoms with van der Waals surface area (Å²) in [7, 11) is -6.47. The van der Waals surface area contributed by atoms with Crippen molar-refractivity contribution in [3.05, 3.63) is 48.5 Å². The van der Waals surface area contributed by atoms with Crippen LogP contribution in [0.15, 0.2) is 58.3 Å². The molecule has 0 heterocycles. The van der Waals surface area contributed by atoms with Crippen molar-refractivity contribution in [2.75, 3.05) is 11.5 Å². The van der Waals surface area contributed by atoms with Crippen molar-refractivity contribution in [1.29, 1.82) is 0 Å². The highest BCUT2D eigenvalue weighted by Gasteiger charge is 2.12. The second-order valence-electron chi connectivity index (χ2n) is 4.85. The van der Waals surface area contributed by atoms with Gasteiger partial charge in [0.25, 0.3) is 0 Å². The fourth-order valence-electron chi connectivity index (χ4n) is 1.90. The lowest BCUT2D eigenvalue weighted by Gasteiger charge is -2.08. The van der Waals surface area contributed by atoms with Gasteiger partial charge >= 0.3 is 0 Å². The summed E-state index contributed by atoms with van der Waals surface area (Å²) in [6, 6.07) is 12.2. The number of benzene rings is 2. The standard InChI is InChI=1S/C16H18O5S2/c1-3-22(17,18)15-9-5-13(6-10-15)21-14-7-11-16(12-8-14)23(19,20)4-2/h5-12H,3-4H2,1-2H3. The van der Waals surface area contributed by atoms with Crippen LogP contribution in [0.2, 0.25) is 0 Å². The van der Waals surface area contributed by atoms with E-state index < -0.39 is 19.7 Å². The van der Waals surface area contributed by atoms with Crippen LogP contribution in [-0.4, -0.2) is 28.3 Å². The second kappa shape index (κ2) is 6.72. The van der Waals surface area contributed by atoms with E-state index in [1.807, 2.05) is 0 Å². The Hall–Kier alpha value is -1.86. The zero-order valence-electron chi connectivity index (χ0n) is 12.9. The average Bonchev–Trinajstić information content (AvgIpc) is 2.56. The predicted octanol–water partition coefficient (Wildman–Crippen LogP) is 3.07. The van der Waals surface area contributed by atoms with E-state index in [1.54, 1.807) is 38.1 Å². The monoisotopic (exact) mass is 354 g/mol. The zero-order valence-corrected chi connectivity index (χ0v) is 14.5.